The van der Waals surface area contributed by atoms with E-state index < -0.39 is 28.0 Å². The summed E-state index contributed by atoms with van der Waals surface area (Å²) in [5.74, 6) is -0.910. The molecule has 0 spiro atoms. The van der Waals surface area contributed by atoms with Crippen LogP contribution in [0, 0.1) is 26.7 Å². The summed E-state index contributed by atoms with van der Waals surface area (Å²) in [6.45, 7) is 9.23. The Morgan fingerprint density at radius 1 is 0.970 bits per heavy atom. The van der Waals surface area contributed by atoms with Gasteiger partial charge in [0.05, 0.1) is 4.90 Å². The van der Waals surface area contributed by atoms with Crippen LogP contribution in [0.15, 0.2) is 59.5 Å². The third kappa shape index (κ3) is 5.20. The van der Waals surface area contributed by atoms with Gasteiger partial charge in [0.2, 0.25) is 10.0 Å². The Kier molecular flexibility index (Phi) is 7.44. The first-order valence-corrected chi connectivity index (χ1v) is 12.4. The van der Waals surface area contributed by atoms with Crippen molar-refractivity contribution in [1.82, 2.24) is 4.31 Å². The Balaban J connectivity index is 1.97. The fourth-order valence-corrected chi connectivity index (χ4v) is 5.73. The second-order valence-corrected chi connectivity index (χ2v) is 10.5. The van der Waals surface area contributed by atoms with Gasteiger partial charge in [-0.15, -0.1) is 0 Å². The fraction of sp³-hybridized carbons (Fsp3) is 0.346. The van der Waals surface area contributed by atoms with E-state index >= 15 is 0 Å². The molecule has 0 saturated heterocycles. The maximum atomic E-state index is 13.7. The molecule has 0 heterocycles. The molecular weight excluding hydrogens is 438 g/mol. The van der Waals surface area contributed by atoms with Crippen molar-refractivity contribution in [2.24, 2.45) is 5.92 Å². The normalized spacial score (nSPS) is 12.9. The molecule has 0 aliphatic heterocycles. The van der Waals surface area contributed by atoms with E-state index in [1.165, 1.54) is 6.07 Å². The number of aryl methyl sites for hydroxylation is 2. The number of sulfonamides is 1. The first kappa shape index (κ1) is 24.7. The SMILES string of the molecule is Cc1ccc(C)c(OCCN([C@@H](C(=O)O)C(C)C)S(=O)(=O)c2ccc3ccccc3c2)c1C. The van der Waals surface area contributed by atoms with Gasteiger partial charge in [-0.2, -0.15) is 4.31 Å². The van der Waals surface area contributed by atoms with Crippen LogP contribution in [0.25, 0.3) is 10.8 Å². The van der Waals surface area contributed by atoms with Crippen molar-refractivity contribution in [2.45, 2.75) is 45.6 Å². The Morgan fingerprint density at radius 3 is 2.24 bits per heavy atom. The molecule has 1 N–H and O–H groups in total. The average molecular weight is 470 g/mol. The Morgan fingerprint density at radius 2 is 1.61 bits per heavy atom. The number of hydrogen-bond donors (Lipinski definition) is 1. The number of hydrogen-bond acceptors (Lipinski definition) is 4. The predicted molar refractivity (Wildman–Crippen MR) is 130 cm³/mol. The van der Waals surface area contributed by atoms with Crippen LogP contribution >= 0.6 is 0 Å². The third-order valence-electron chi connectivity index (χ3n) is 5.95. The number of fused-ring (bicyclic) bond motifs is 1. The smallest absolute Gasteiger partial charge is 0.322 e. The van der Waals surface area contributed by atoms with Crippen LogP contribution < -0.4 is 4.74 Å². The molecule has 1 atom stereocenters. The fourth-order valence-electron chi connectivity index (χ4n) is 4.00. The summed E-state index contributed by atoms with van der Waals surface area (Å²) >= 11 is 0. The topological polar surface area (TPSA) is 83.9 Å². The van der Waals surface area contributed by atoms with Crippen molar-refractivity contribution in [3.8, 4) is 5.75 Å². The van der Waals surface area contributed by atoms with E-state index in [4.69, 9.17) is 4.74 Å². The maximum Gasteiger partial charge on any atom is 0.322 e. The molecule has 33 heavy (non-hydrogen) atoms. The summed E-state index contributed by atoms with van der Waals surface area (Å²) in [5, 5.41) is 11.6. The summed E-state index contributed by atoms with van der Waals surface area (Å²) in [5.41, 5.74) is 3.00. The van der Waals surface area contributed by atoms with Gasteiger partial charge in [0.25, 0.3) is 0 Å². The number of carboxylic acid groups (broad SMARTS) is 1. The monoisotopic (exact) mass is 469 g/mol. The standard InChI is InChI=1S/C26H31NO5S/c1-17(2)24(26(28)29)27(14-15-32-25-19(4)11-10-18(3)20(25)5)33(30,31)23-13-12-21-8-6-7-9-22(21)16-23/h6-13,16-17,24H,14-15H2,1-5H3,(H,28,29)/t24-/m1/s1. The minimum atomic E-state index is -4.09. The summed E-state index contributed by atoms with van der Waals surface area (Å²) in [6, 6.07) is 15.1. The molecule has 0 radical (unpaired) electrons. The van der Waals surface area contributed by atoms with Crippen molar-refractivity contribution in [2.75, 3.05) is 13.2 Å². The molecule has 3 aromatic carbocycles. The molecule has 0 saturated carbocycles. The maximum absolute atomic E-state index is 13.7. The van der Waals surface area contributed by atoms with Crippen molar-refractivity contribution in [3.63, 3.8) is 0 Å². The highest BCUT2D eigenvalue weighted by Crippen LogP contribution is 2.28. The molecular formula is C26H31NO5S. The van der Waals surface area contributed by atoms with Gasteiger partial charge >= 0.3 is 5.97 Å². The number of ether oxygens (including phenoxy) is 1. The minimum absolute atomic E-state index is 0.0362. The quantitative estimate of drug-likeness (QED) is 0.480. The first-order chi connectivity index (χ1) is 15.5. The van der Waals surface area contributed by atoms with Crippen LogP contribution in [0.1, 0.15) is 30.5 Å². The molecule has 3 rings (SSSR count). The highest BCUT2D eigenvalue weighted by Gasteiger charge is 2.38. The number of nitrogens with zero attached hydrogens (tertiary/aromatic N) is 1. The van der Waals surface area contributed by atoms with Gasteiger partial charge in [0, 0.05) is 6.54 Å². The van der Waals surface area contributed by atoms with E-state index in [1.807, 2.05) is 57.2 Å². The number of benzene rings is 3. The molecule has 0 aliphatic rings. The summed E-state index contributed by atoms with van der Waals surface area (Å²) in [4.78, 5) is 12.2. The molecule has 0 bridgehead atoms. The van der Waals surface area contributed by atoms with E-state index in [0.717, 1.165) is 31.8 Å². The number of rotatable bonds is 9. The number of aliphatic carboxylic acids is 1. The zero-order valence-corrected chi connectivity index (χ0v) is 20.5. The predicted octanol–water partition coefficient (Wildman–Crippen LogP) is 4.94. The minimum Gasteiger partial charge on any atom is -0.492 e. The van der Waals surface area contributed by atoms with Crippen LogP contribution in [0.2, 0.25) is 0 Å². The second kappa shape index (κ2) is 9.93. The van der Waals surface area contributed by atoms with Crippen molar-refractivity contribution in [3.05, 3.63) is 71.3 Å². The van der Waals surface area contributed by atoms with Crippen molar-refractivity contribution < 1.29 is 23.1 Å². The number of carboxylic acids is 1. The van der Waals surface area contributed by atoms with Gasteiger partial charge in [-0.25, -0.2) is 8.42 Å². The lowest BCUT2D eigenvalue weighted by molar-refractivity contribution is -0.143. The molecule has 6 nitrogen and oxygen atoms in total. The van der Waals surface area contributed by atoms with E-state index in [2.05, 4.69) is 0 Å². The lowest BCUT2D eigenvalue weighted by Gasteiger charge is -2.30. The molecule has 3 aromatic rings. The molecule has 7 heteroatoms. The van der Waals surface area contributed by atoms with Crippen molar-refractivity contribution >= 4 is 26.8 Å². The molecule has 176 valence electrons. The van der Waals surface area contributed by atoms with Crippen molar-refractivity contribution in [1.29, 1.82) is 0 Å². The van der Waals surface area contributed by atoms with Crippen LogP contribution in [0.5, 0.6) is 5.75 Å². The molecule has 0 aliphatic carbocycles. The summed E-state index contributed by atoms with van der Waals surface area (Å²) in [7, 11) is -4.09. The van der Waals surface area contributed by atoms with Crippen LogP contribution in [-0.2, 0) is 14.8 Å². The molecule has 0 fully saturated rings. The first-order valence-electron chi connectivity index (χ1n) is 11.0. The molecule has 0 unspecified atom stereocenters. The van der Waals surface area contributed by atoms with E-state index in [1.54, 1.807) is 26.0 Å². The van der Waals surface area contributed by atoms with Crippen LogP contribution in [-0.4, -0.2) is 43.0 Å². The highest BCUT2D eigenvalue weighted by atomic mass is 32.2. The largest absolute Gasteiger partial charge is 0.492 e. The van der Waals surface area contributed by atoms with Gasteiger partial charge in [0.1, 0.15) is 18.4 Å². The molecule has 0 aromatic heterocycles. The highest BCUT2D eigenvalue weighted by molar-refractivity contribution is 7.89. The lowest BCUT2D eigenvalue weighted by Crippen LogP contribution is -2.49. The Hall–Kier alpha value is -2.90. The Bertz CT molecular complexity index is 1270. The van der Waals surface area contributed by atoms with E-state index in [0.29, 0.717) is 5.75 Å². The van der Waals surface area contributed by atoms with Gasteiger partial charge in [0.15, 0.2) is 0 Å². The van der Waals surface area contributed by atoms with E-state index in [-0.39, 0.29) is 18.0 Å². The Labute approximate surface area is 195 Å². The lowest BCUT2D eigenvalue weighted by atomic mass is 10.0. The van der Waals surface area contributed by atoms with Crippen LogP contribution in [0.3, 0.4) is 0 Å². The summed E-state index contributed by atoms with van der Waals surface area (Å²) < 4.78 is 34.4. The molecule has 0 amide bonds. The third-order valence-corrected chi connectivity index (χ3v) is 7.83. The number of carbonyl (C=O) groups is 1. The van der Waals surface area contributed by atoms with Gasteiger partial charge < -0.3 is 9.84 Å². The summed E-state index contributed by atoms with van der Waals surface area (Å²) in [6.07, 6.45) is 0. The zero-order chi connectivity index (χ0) is 24.3. The van der Waals surface area contributed by atoms with Crippen LogP contribution in [0.4, 0.5) is 0 Å². The average Bonchev–Trinajstić information content (AvgIpc) is 2.76. The van der Waals surface area contributed by atoms with E-state index in [9.17, 15) is 18.3 Å². The van der Waals surface area contributed by atoms with Gasteiger partial charge in [-0.1, -0.05) is 56.3 Å². The zero-order valence-electron chi connectivity index (χ0n) is 19.7. The second-order valence-electron chi connectivity index (χ2n) is 8.65. The van der Waals surface area contributed by atoms with Gasteiger partial charge in [-0.05, 0) is 66.3 Å². The van der Waals surface area contributed by atoms with Gasteiger partial charge in [-0.3, -0.25) is 4.79 Å².